The average molecular weight is 417 g/mol. The highest BCUT2D eigenvalue weighted by Gasteiger charge is 2.22. The van der Waals surface area contributed by atoms with E-state index in [0.29, 0.717) is 10.9 Å². The molecule has 2 heterocycles. The van der Waals surface area contributed by atoms with Crippen molar-refractivity contribution < 1.29 is 9.47 Å². The second-order valence-electron chi connectivity index (χ2n) is 5.89. The lowest BCUT2D eigenvalue weighted by atomic mass is 9.97. The molecule has 2 aromatic carbocycles. The highest BCUT2D eigenvalue weighted by atomic mass is 79.9. The Morgan fingerprint density at radius 1 is 1.12 bits per heavy atom. The zero-order chi connectivity index (χ0) is 17.2. The summed E-state index contributed by atoms with van der Waals surface area (Å²) in [6.07, 6.45) is 3.53. The van der Waals surface area contributed by atoms with Crippen molar-refractivity contribution in [2.45, 2.75) is 18.9 Å². The van der Waals surface area contributed by atoms with Crippen LogP contribution in [0, 0.1) is 0 Å². The maximum atomic E-state index is 6.18. The quantitative estimate of drug-likeness (QED) is 0.498. The van der Waals surface area contributed by atoms with Crippen LogP contribution >= 0.6 is 27.5 Å². The molecule has 1 aromatic heterocycles. The maximum Gasteiger partial charge on any atom is 0.219 e. The number of hydrogen-bond acceptors (Lipinski definition) is 3. The van der Waals surface area contributed by atoms with Gasteiger partial charge in [-0.3, -0.25) is 0 Å². The number of aromatic nitrogens is 1. The average Bonchev–Trinajstić information content (AvgIpc) is 2.63. The van der Waals surface area contributed by atoms with E-state index in [9.17, 15) is 0 Å². The first-order valence-corrected chi connectivity index (χ1v) is 9.19. The number of fused-ring (bicyclic) bond motifs is 1. The molecule has 1 unspecified atom stereocenters. The van der Waals surface area contributed by atoms with Crippen molar-refractivity contribution in [1.29, 1.82) is 0 Å². The Bertz CT molecular complexity index is 898. The minimum Gasteiger partial charge on any atom is -0.485 e. The van der Waals surface area contributed by atoms with Gasteiger partial charge < -0.3 is 9.47 Å². The Kier molecular flexibility index (Phi) is 4.64. The van der Waals surface area contributed by atoms with Gasteiger partial charge in [0.05, 0.1) is 5.02 Å². The second kappa shape index (κ2) is 7.06. The fourth-order valence-corrected chi connectivity index (χ4v) is 3.44. The highest BCUT2D eigenvalue weighted by Crippen LogP contribution is 2.37. The smallest absolute Gasteiger partial charge is 0.219 e. The van der Waals surface area contributed by atoms with Crippen molar-refractivity contribution in [3.05, 3.63) is 81.4 Å². The summed E-state index contributed by atoms with van der Waals surface area (Å²) in [6.45, 7) is 0. The Hall–Kier alpha value is -2.04. The Morgan fingerprint density at radius 2 is 2.04 bits per heavy atom. The van der Waals surface area contributed by atoms with Crippen molar-refractivity contribution in [2.75, 3.05) is 0 Å². The lowest BCUT2D eigenvalue weighted by Crippen LogP contribution is -2.15. The van der Waals surface area contributed by atoms with Crippen LogP contribution in [0.2, 0.25) is 5.02 Å². The molecule has 0 amide bonds. The van der Waals surface area contributed by atoms with Crippen LogP contribution in [0.1, 0.15) is 23.7 Å². The lowest BCUT2D eigenvalue weighted by Gasteiger charge is -2.27. The summed E-state index contributed by atoms with van der Waals surface area (Å²) in [5.74, 6) is 2.18. The summed E-state index contributed by atoms with van der Waals surface area (Å²) >= 11 is 9.37. The van der Waals surface area contributed by atoms with Gasteiger partial charge in [-0.15, -0.1) is 0 Å². The summed E-state index contributed by atoms with van der Waals surface area (Å²) in [5.41, 5.74) is 2.34. The van der Waals surface area contributed by atoms with E-state index in [4.69, 9.17) is 21.1 Å². The number of hydrogen-bond donors (Lipinski definition) is 0. The van der Waals surface area contributed by atoms with Crippen LogP contribution in [0.4, 0.5) is 0 Å². The third-order valence-electron chi connectivity index (χ3n) is 4.12. The molecule has 25 heavy (non-hydrogen) atoms. The molecule has 1 aliphatic heterocycles. The molecule has 3 nitrogen and oxygen atoms in total. The SMILES string of the molecule is Clc1ccc(Oc2ccc3c(c2)CCC(c2cccc(Br)c2)O3)nc1. The van der Waals surface area contributed by atoms with Crippen molar-refractivity contribution >= 4 is 27.5 Å². The minimum atomic E-state index is 0.0784. The topological polar surface area (TPSA) is 31.4 Å². The molecule has 1 atom stereocenters. The first-order chi connectivity index (χ1) is 12.2. The van der Waals surface area contributed by atoms with Crippen LogP contribution in [0.5, 0.6) is 17.4 Å². The predicted molar refractivity (Wildman–Crippen MR) is 102 cm³/mol. The molecule has 1 aliphatic rings. The minimum absolute atomic E-state index is 0.0784. The molecule has 0 spiro atoms. The number of ether oxygens (including phenoxy) is 2. The van der Waals surface area contributed by atoms with Crippen molar-refractivity contribution in [1.82, 2.24) is 4.98 Å². The number of benzene rings is 2. The molecule has 0 radical (unpaired) electrons. The number of nitrogens with zero attached hydrogens (tertiary/aromatic N) is 1. The first-order valence-electron chi connectivity index (χ1n) is 8.02. The largest absolute Gasteiger partial charge is 0.485 e. The second-order valence-corrected chi connectivity index (χ2v) is 7.24. The zero-order valence-electron chi connectivity index (χ0n) is 13.3. The van der Waals surface area contributed by atoms with Gasteiger partial charge in [0.1, 0.15) is 17.6 Å². The Balaban J connectivity index is 1.52. The summed E-state index contributed by atoms with van der Waals surface area (Å²) in [4.78, 5) is 4.16. The van der Waals surface area contributed by atoms with E-state index >= 15 is 0 Å². The third-order valence-corrected chi connectivity index (χ3v) is 4.84. The number of halogens is 2. The van der Waals surface area contributed by atoms with Gasteiger partial charge in [0.15, 0.2) is 0 Å². The van der Waals surface area contributed by atoms with E-state index in [0.717, 1.165) is 34.4 Å². The molecular formula is C20H15BrClNO2. The molecular weight excluding hydrogens is 402 g/mol. The van der Waals surface area contributed by atoms with Gasteiger partial charge in [-0.05, 0) is 60.4 Å². The zero-order valence-corrected chi connectivity index (χ0v) is 15.6. The third kappa shape index (κ3) is 3.80. The molecule has 0 bridgehead atoms. The lowest BCUT2D eigenvalue weighted by molar-refractivity contribution is 0.176. The van der Waals surface area contributed by atoms with E-state index in [-0.39, 0.29) is 6.10 Å². The van der Waals surface area contributed by atoms with Crippen LogP contribution in [-0.2, 0) is 6.42 Å². The fourth-order valence-electron chi connectivity index (χ4n) is 2.91. The van der Waals surface area contributed by atoms with E-state index in [1.54, 1.807) is 18.3 Å². The van der Waals surface area contributed by atoms with E-state index in [2.05, 4.69) is 33.0 Å². The van der Waals surface area contributed by atoms with Crippen molar-refractivity contribution in [2.24, 2.45) is 0 Å². The van der Waals surface area contributed by atoms with Gasteiger partial charge in [0.25, 0.3) is 0 Å². The van der Waals surface area contributed by atoms with Crippen LogP contribution in [-0.4, -0.2) is 4.98 Å². The molecule has 0 N–H and O–H groups in total. The van der Waals surface area contributed by atoms with Crippen LogP contribution in [0.25, 0.3) is 0 Å². The molecule has 0 aliphatic carbocycles. The molecule has 3 aromatic rings. The van der Waals surface area contributed by atoms with Gasteiger partial charge in [0, 0.05) is 16.7 Å². The predicted octanol–water partition coefficient (Wildman–Crippen LogP) is 6.36. The van der Waals surface area contributed by atoms with Gasteiger partial charge in [-0.25, -0.2) is 4.98 Å². The number of pyridine rings is 1. The normalized spacial score (nSPS) is 16.0. The van der Waals surface area contributed by atoms with Gasteiger partial charge in [-0.2, -0.15) is 0 Å². The first kappa shape index (κ1) is 16.4. The summed E-state index contributed by atoms with van der Waals surface area (Å²) in [7, 11) is 0. The summed E-state index contributed by atoms with van der Waals surface area (Å²) in [6, 6.07) is 17.7. The summed E-state index contributed by atoms with van der Waals surface area (Å²) < 4.78 is 13.0. The monoisotopic (exact) mass is 415 g/mol. The fraction of sp³-hybridized carbons (Fsp3) is 0.150. The highest BCUT2D eigenvalue weighted by molar-refractivity contribution is 9.10. The van der Waals surface area contributed by atoms with Gasteiger partial charge in [0.2, 0.25) is 5.88 Å². The van der Waals surface area contributed by atoms with Gasteiger partial charge in [-0.1, -0.05) is 39.7 Å². The Morgan fingerprint density at radius 3 is 2.84 bits per heavy atom. The number of rotatable bonds is 3. The Labute approximate surface area is 159 Å². The van der Waals surface area contributed by atoms with Crippen molar-refractivity contribution in [3.8, 4) is 17.4 Å². The van der Waals surface area contributed by atoms with Crippen LogP contribution in [0.3, 0.4) is 0 Å². The van der Waals surface area contributed by atoms with E-state index in [1.165, 1.54) is 5.56 Å². The molecule has 0 saturated carbocycles. The van der Waals surface area contributed by atoms with Crippen LogP contribution in [0.15, 0.2) is 65.3 Å². The van der Waals surface area contributed by atoms with Crippen LogP contribution < -0.4 is 9.47 Å². The molecule has 0 fully saturated rings. The molecule has 4 rings (SSSR count). The molecule has 126 valence electrons. The summed E-state index contributed by atoms with van der Waals surface area (Å²) in [5, 5.41) is 0.588. The van der Waals surface area contributed by atoms with Gasteiger partial charge >= 0.3 is 0 Å². The molecule has 0 saturated heterocycles. The number of aryl methyl sites for hydroxylation is 1. The molecule has 5 heteroatoms. The van der Waals surface area contributed by atoms with E-state index in [1.807, 2.05) is 30.3 Å². The standard InChI is InChI=1S/C20H15BrClNO2/c21-15-3-1-2-13(10-15)18-7-4-14-11-17(6-8-19(14)25-18)24-20-9-5-16(22)12-23-20/h1-3,5-6,8-12,18H,4,7H2. The van der Waals surface area contributed by atoms with Crippen molar-refractivity contribution in [3.63, 3.8) is 0 Å². The maximum absolute atomic E-state index is 6.18. The van der Waals surface area contributed by atoms with E-state index < -0.39 is 0 Å².